The van der Waals surface area contributed by atoms with Crippen molar-refractivity contribution < 1.29 is 10.0 Å². The van der Waals surface area contributed by atoms with Crippen molar-refractivity contribution in [1.82, 2.24) is 15.7 Å². The van der Waals surface area contributed by atoms with E-state index in [1.807, 2.05) is 12.1 Å². The molecule has 28 heavy (non-hydrogen) atoms. The van der Waals surface area contributed by atoms with Crippen molar-refractivity contribution in [2.24, 2.45) is 5.92 Å². The lowest BCUT2D eigenvalue weighted by Crippen LogP contribution is -2.37. The van der Waals surface area contributed by atoms with E-state index in [9.17, 15) is 4.79 Å². The van der Waals surface area contributed by atoms with Crippen LogP contribution >= 0.6 is 0 Å². The maximum absolute atomic E-state index is 11.4. The number of amides is 1. The van der Waals surface area contributed by atoms with Crippen LogP contribution < -0.4 is 10.8 Å². The number of nitrogens with zero attached hydrogens (tertiary/aromatic N) is 1. The molecule has 0 spiro atoms. The van der Waals surface area contributed by atoms with Gasteiger partial charge in [-0.15, -0.1) is 0 Å². The number of piperidine rings is 1. The third-order valence-electron chi connectivity index (χ3n) is 6.12. The first kappa shape index (κ1) is 19.1. The Hall–Kier alpha value is -2.21. The third-order valence-corrected chi connectivity index (χ3v) is 6.12. The molecule has 148 valence electrons. The standard InChI is InChI=1S/C23H29N3O2/c27-23(25-28)20-8-6-18(7-9-20)16-26-12-10-17(11-13-26)15-24-22-14-21(22)19-4-2-1-3-5-19/h1-9,17,21-22,24,28H,10-16H2,(H,25,27). The summed E-state index contributed by atoms with van der Waals surface area (Å²) >= 11 is 0. The van der Waals surface area contributed by atoms with Crippen LogP contribution in [0, 0.1) is 5.92 Å². The topological polar surface area (TPSA) is 64.6 Å². The Labute approximate surface area is 166 Å². The Morgan fingerprint density at radius 1 is 1.04 bits per heavy atom. The molecule has 0 aromatic heterocycles. The molecule has 2 aromatic rings. The highest BCUT2D eigenvalue weighted by Crippen LogP contribution is 2.40. The van der Waals surface area contributed by atoms with E-state index in [0.29, 0.717) is 17.5 Å². The van der Waals surface area contributed by atoms with E-state index < -0.39 is 5.91 Å². The van der Waals surface area contributed by atoms with Crippen LogP contribution in [-0.2, 0) is 6.54 Å². The number of hydrogen-bond donors (Lipinski definition) is 3. The van der Waals surface area contributed by atoms with Crippen molar-refractivity contribution in [1.29, 1.82) is 0 Å². The zero-order valence-corrected chi connectivity index (χ0v) is 16.2. The molecule has 1 saturated heterocycles. The lowest BCUT2D eigenvalue weighted by molar-refractivity contribution is 0.0706. The number of hydroxylamine groups is 1. The lowest BCUT2D eigenvalue weighted by Gasteiger charge is -2.32. The molecule has 5 heteroatoms. The molecule has 2 atom stereocenters. The number of hydrogen-bond acceptors (Lipinski definition) is 4. The highest BCUT2D eigenvalue weighted by Gasteiger charge is 2.38. The summed E-state index contributed by atoms with van der Waals surface area (Å²) in [5, 5.41) is 12.5. The number of nitrogens with one attached hydrogen (secondary N) is 2. The summed E-state index contributed by atoms with van der Waals surface area (Å²) in [6.07, 6.45) is 3.74. The summed E-state index contributed by atoms with van der Waals surface area (Å²) in [5.74, 6) is 1.01. The number of benzene rings is 2. The first-order valence-electron chi connectivity index (χ1n) is 10.3. The minimum Gasteiger partial charge on any atom is -0.313 e. The fraction of sp³-hybridized carbons (Fsp3) is 0.435. The van der Waals surface area contributed by atoms with Gasteiger partial charge in [0.15, 0.2) is 0 Å². The Morgan fingerprint density at radius 3 is 2.43 bits per heavy atom. The highest BCUT2D eigenvalue weighted by molar-refractivity contribution is 5.93. The fourth-order valence-electron chi connectivity index (χ4n) is 4.24. The van der Waals surface area contributed by atoms with Crippen molar-refractivity contribution in [2.75, 3.05) is 19.6 Å². The Kier molecular flexibility index (Phi) is 6.05. The van der Waals surface area contributed by atoms with Gasteiger partial charge in [0.2, 0.25) is 0 Å². The van der Waals surface area contributed by atoms with Crippen LogP contribution in [0.5, 0.6) is 0 Å². The second-order valence-electron chi connectivity index (χ2n) is 8.12. The summed E-state index contributed by atoms with van der Waals surface area (Å²) in [5.41, 5.74) is 4.82. The van der Waals surface area contributed by atoms with E-state index in [4.69, 9.17) is 5.21 Å². The van der Waals surface area contributed by atoms with Crippen molar-refractivity contribution in [3.63, 3.8) is 0 Å². The van der Waals surface area contributed by atoms with Crippen molar-refractivity contribution in [2.45, 2.75) is 37.8 Å². The first-order valence-corrected chi connectivity index (χ1v) is 10.3. The van der Waals surface area contributed by atoms with Gasteiger partial charge in [-0.3, -0.25) is 14.9 Å². The molecular formula is C23H29N3O2. The lowest BCUT2D eigenvalue weighted by atomic mass is 9.96. The highest BCUT2D eigenvalue weighted by atomic mass is 16.5. The van der Waals surface area contributed by atoms with E-state index in [-0.39, 0.29) is 0 Å². The zero-order chi connectivity index (χ0) is 19.3. The van der Waals surface area contributed by atoms with Crippen molar-refractivity contribution in [3.8, 4) is 0 Å². The van der Waals surface area contributed by atoms with E-state index in [1.54, 1.807) is 17.6 Å². The molecule has 0 radical (unpaired) electrons. The number of likely N-dealkylation sites (tertiary alicyclic amines) is 1. The molecular weight excluding hydrogens is 350 g/mol. The predicted octanol–water partition coefficient (Wildman–Crippen LogP) is 3.16. The SMILES string of the molecule is O=C(NO)c1ccc(CN2CCC(CNC3CC3c3ccccc3)CC2)cc1. The largest absolute Gasteiger partial charge is 0.313 e. The first-order chi connectivity index (χ1) is 13.7. The van der Waals surface area contributed by atoms with E-state index in [2.05, 4.69) is 40.5 Å². The normalized spacial score (nSPS) is 22.8. The number of carbonyl (C=O) groups excluding carboxylic acids is 1. The molecule has 5 nitrogen and oxygen atoms in total. The molecule has 0 bridgehead atoms. The Balaban J connectivity index is 1.17. The number of rotatable bonds is 7. The molecule has 1 amide bonds. The maximum Gasteiger partial charge on any atom is 0.274 e. The molecule has 1 saturated carbocycles. The van der Waals surface area contributed by atoms with Crippen molar-refractivity contribution in [3.05, 3.63) is 71.3 Å². The quantitative estimate of drug-likeness (QED) is 0.511. The fourth-order valence-corrected chi connectivity index (χ4v) is 4.24. The molecule has 2 aromatic carbocycles. The zero-order valence-electron chi connectivity index (χ0n) is 16.2. The van der Waals surface area contributed by atoms with Gasteiger partial charge in [0.25, 0.3) is 5.91 Å². The van der Waals surface area contributed by atoms with Crippen LogP contribution in [0.1, 0.15) is 46.7 Å². The molecule has 4 rings (SSSR count). The molecule has 2 fully saturated rings. The minimum absolute atomic E-state index is 0.468. The molecule has 3 N–H and O–H groups in total. The minimum atomic E-state index is -0.468. The van der Waals surface area contributed by atoms with Gasteiger partial charge in [-0.25, -0.2) is 5.48 Å². The summed E-state index contributed by atoms with van der Waals surface area (Å²) in [6.45, 7) is 4.29. The van der Waals surface area contributed by atoms with Crippen LogP contribution in [0.2, 0.25) is 0 Å². The van der Waals surface area contributed by atoms with E-state index in [0.717, 1.165) is 32.1 Å². The van der Waals surface area contributed by atoms with Gasteiger partial charge in [-0.1, -0.05) is 42.5 Å². The van der Waals surface area contributed by atoms with Gasteiger partial charge >= 0.3 is 0 Å². The van der Waals surface area contributed by atoms with Crippen LogP contribution in [0.4, 0.5) is 0 Å². The van der Waals surface area contributed by atoms with Gasteiger partial charge in [0, 0.05) is 24.1 Å². The second kappa shape index (κ2) is 8.86. The molecule has 1 heterocycles. The van der Waals surface area contributed by atoms with E-state index >= 15 is 0 Å². The van der Waals surface area contributed by atoms with E-state index in [1.165, 1.54) is 30.4 Å². The smallest absolute Gasteiger partial charge is 0.274 e. The van der Waals surface area contributed by atoms with Gasteiger partial charge in [0.05, 0.1) is 0 Å². The van der Waals surface area contributed by atoms with Crippen LogP contribution in [-0.4, -0.2) is 41.7 Å². The van der Waals surface area contributed by atoms with Gasteiger partial charge in [-0.05, 0) is 68.1 Å². The monoisotopic (exact) mass is 379 g/mol. The average Bonchev–Trinajstić information content (AvgIpc) is 3.54. The molecule has 1 aliphatic heterocycles. The third kappa shape index (κ3) is 4.79. The summed E-state index contributed by atoms with van der Waals surface area (Å²) in [4.78, 5) is 13.9. The van der Waals surface area contributed by atoms with Gasteiger partial charge in [-0.2, -0.15) is 0 Å². The van der Waals surface area contributed by atoms with Gasteiger partial charge < -0.3 is 5.32 Å². The molecule has 2 aliphatic rings. The Bertz CT molecular complexity index is 770. The second-order valence-corrected chi connectivity index (χ2v) is 8.12. The van der Waals surface area contributed by atoms with Crippen molar-refractivity contribution >= 4 is 5.91 Å². The average molecular weight is 380 g/mol. The summed E-state index contributed by atoms with van der Waals surface area (Å²) < 4.78 is 0. The molecule has 2 unspecified atom stereocenters. The summed E-state index contributed by atoms with van der Waals surface area (Å²) in [6, 6.07) is 19.0. The van der Waals surface area contributed by atoms with Crippen LogP contribution in [0.15, 0.2) is 54.6 Å². The Morgan fingerprint density at radius 2 is 1.75 bits per heavy atom. The predicted molar refractivity (Wildman–Crippen MR) is 109 cm³/mol. The van der Waals surface area contributed by atoms with Gasteiger partial charge in [0.1, 0.15) is 0 Å². The maximum atomic E-state index is 11.4. The number of carbonyl (C=O) groups is 1. The summed E-state index contributed by atoms with van der Waals surface area (Å²) in [7, 11) is 0. The molecule has 1 aliphatic carbocycles. The van der Waals surface area contributed by atoms with Crippen LogP contribution in [0.25, 0.3) is 0 Å². The van der Waals surface area contributed by atoms with Crippen LogP contribution in [0.3, 0.4) is 0 Å².